The second-order valence-electron chi connectivity index (χ2n) is 8.02. The molecule has 4 rings (SSSR count). The van der Waals surface area contributed by atoms with Crippen LogP contribution in [0.4, 0.5) is 0 Å². The van der Waals surface area contributed by atoms with E-state index in [9.17, 15) is 4.79 Å². The maximum atomic E-state index is 12.7. The average molecular weight is 436 g/mol. The monoisotopic (exact) mass is 435 g/mol. The van der Waals surface area contributed by atoms with Gasteiger partial charge in [0.1, 0.15) is 10.8 Å². The van der Waals surface area contributed by atoms with E-state index >= 15 is 0 Å². The van der Waals surface area contributed by atoms with Gasteiger partial charge in [0.05, 0.1) is 25.3 Å². The summed E-state index contributed by atoms with van der Waals surface area (Å²) in [6.07, 6.45) is 2.72. The molecule has 1 fully saturated rings. The molecule has 2 aromatic carbocycles. The van der Waals surface area contributed by atoms with Crippen molar-refractivity contribution in [2.75, 3.05) is 26.7 Å². The van der Waals surface area contributed by atoms with Gasteiger partial charge in [-0.2, -0.15) is 0 Å². The average Bonchev–Trinajstić information content (AvgIpc) is 3.48. The van der Waals surface area contributed by atoms with E-state index in [1.54, 1.807) is 18.4 Å². The summed E-state index contributed by atoms with van der Waals surface area (Å²) >= 11 is 1.58. The van der Waals surface area contributed by atoms with Gasteiger partial charge in [0.15, 0.2) is 0 Å². The topological polar surface area (TPSA) is 54.5 Å². The second kappa shape index (κ2) is 10.1. The maximum Gasteiger partial charge on any atom is 0.226 e. The minimum atomic E-state index is 0.0125. The number of aromatic nitrogens is 1. The highest BCUT2D eigenvalue weighted by Crippen LogP contribution is 2.27. The molecule has 0 aliphatic carbocycles. The number of rotatable bonds is 8. The standard InChI is InChI=1S/C25H29N3O2S/c1-18-5-7-20(8-6-18)25-27-21(17-31-25)15-24(29)26-16-23(28-13-3-4-14-28)19-9-11-22(30-2)12-10-19/h5-12,17,23H,3-4,13-16H2,1-2H3,(H,26,29)/t23-/m1/s1. The zero-order valence-electron chi connectivity index (χ0n) is 18.1. The Bertz CT molecular complexity index is 992. The van der Waals surface area contributed by atoms with Crippen LogP contribution < -0.4 is 10.1 Å². The summed E-state index contributed by atoms with van der Waals surface area (Å²) in [7, 11) is 1.68. The number of hydrogen-bond donors (Lipinski definition) is 1. The van der Waals surface area contributed by atoms with Gasteiger partial charge in [-0.25, -0.2) is 4.98 Å². The zero-order valence-corrected chi connectivity index (χ0v) is 19.0. The van der Waals surface area contributed by atoms with E-state index in [1.807, 2.05) is 17.5 Å². The summed E-state index contributed by atoms with van der Waals surface area (Å²) in [5, 5.41) is 6.08. The molecule has 0 bridgehead atoms. The molecule has 162 valence electrons. The minimum Gasteiger partial charge on any atom is -0.497 e. The lowest BCUT2D eigenvalue weighted by Gasteiger charge is -2.28. The number of nitrogens with zero attached hydrogens (tertiary/aromatic N) is 2. The van der Waals surface area contributed by atoms with Crippen LogP contribution in [0.25, 0.3) is 10.6 Å². The number of hydrogen-bond acceptors (Lipinski definition) is 5. The van der Waals surface area contributed by atoms with Gasteiger partial charge in [0, 0.05) is 17.5 Å². The molecule has 1 saturated heterocycles. The number of amides is 1. The van der Waals surface area contributed by atoms with E-state index in [0.717, 1.165) is 35.1 Å². The van der Waals surface area contributed by atoms with Gasteiger partial charge in [-0.15, -0.1) is 11.3 Å². The number of carbonyl (C=O) groups is 1. The third kappa shape index (κ3) is 5.51. The summed E-state index contributed by atoms with van der Waals surface area (Å²) in [4.78, 5) is 19.8. The lowest BCUT2D eigenvalue weighted by atomic mass is 10.1. The molecule has 1 aliphatic rings. The van der Waals surface area contributed by atoms with Crippen LogP contribution in [0.15, 0.2) is 53.9 Å². The van der Waals surface area contributed by atoms with Crippen LogP contribution in [-0.4, -0.2) is 42.5 Å². The number of aryl methyl sites for hydroxylation is 1. The van der Waals surface area contributed by atoms with Crippen LogP contribution in [0.3, 0.4) is 0 Å². The molecule has 0 unspecified atom stereocenters. The van der Waals surface area contributed by atoms with E-state index in [1.165, 1.54) is 24.0 Å². The molecule has 31 heavy (non-hydrogen) atoms. The van der Waals surface area contributed by atoms with E-state index < -0.39 is 0 Å². The van der Waals surface area contributed by atoms with E-state index in [2.05, 4.69) is 58.5 Å². The van der Waals surface area contributed by atoms with Gasteiger partial charge in [-0.1, -0.05) is 42.0 Å². The fourth-order valence-electron chi connectivity index (χ4n) is 3.99. The number of thiazole rings is 1. The lowest BCUT2D eigenvalue weighted by molar-refractivity contribution is -0.120. The van der Waals surface area contributed by atoms with Crippen LogP contribution in [-0.2, 0) is 11.2 Å². The fourth-order valence-corrected chi connectivity index (χ4v) is 4.82. The molecule has 6 heteroatoms. The Morgan fingerprint density at radius 2 is 1.84 bits per heavy atom. The van der Waals surface area contributed by atoms with Crippen LogP contribution >= 0.6 is 11.3 Å². The van der Waals surface area contributed by atoms with Crippen LogP contribution in [0.5, 0.6) is 5.75 Å². The Morgan fingerprint density at radius 3 is 2.52 bits per heavy atom. The highest BCUT2D eigenvalue weighted by Gasteiger charge is 2.24. The zero-order chi connectivity index (χ0) is 21.6. The highest BCUT2D eigenvalue weighted by molar-refractivity contribution is 7.13. The molecular weight excluding hydrogens is 406 g/mol. The van der Waals surface area contributed by atoms with E-state index in [4.69, 9.17) is 4.74 Å². The molecule has 1 aromatic heterocycles. The first-order chi connectivity index (χ1) is 15.1. The summed E-state index contributed by atoms with van der Waals surface area (Å²) in [6.45, 7) is 4.81. The smallest absolute Gasteiger partial charge is 0.226 e. The molecule has 1 amide bonds. The quantitative estimate of drug-likeness (QED) is 0.561. The molecule has 0 saturated carbocycles. The van der Waals surface area contributed by atoms with Crippen molar-refractivity contribution in [3.8, 4) is 16.3 Å². The first-order valence-corrected chi connectivity index (χ1v) is 11.7. The van der Waals surface area contributed by atoms with Crippen molar-refractivity contribution in [1.29, 1.82) is 0 Å². The van der Waals surface area contributed by atoms with E-state index in [-0.39, 0.29) is 11.9 Å². The number of ether oxygens (including phenoxy) is 1. The first kappa shape index (κ1) is 21.5. The van der Waals surface area contributed by atoms with Gasteiger partial charge < -0.3 is 10.1 Å². The molecule has 0 spiro atoms. The lowest BCUT2D eigenvalue weighted by Crippen LogP contribution is -2.37. The number of nitrogens with one attached hydrogen (secondary N) is 1. The summed E-state index contributed by atoms with van der Waals surface area (Å²) in [6, 6.07) is 16.7. The van der Waals surface area contributed by atoms with Gasteiger partial charge in [-0.3, -0.25) is 9.69 Å². The normalized spacial score (nSPS) is 15.0. The van der Waals surface area contributed by atoms with Crippen LogP contribution in [0.2, 0.25) is 0 Å². The Balaban J connectivity index is 1.38. The largest absolute Gasteiger partial charge is 0.497 e. The third-order valence-corrected chi connectivity index (χ3v) is 6.71. The summed E-state index contributed by atoms with van der Waals surface area (Å²) < 4.78 is 5.29. The van der Waals surface area contributed by atoms with Gasteiger partial charge >= 0.3 is 0 Å². The van der Waals surface area contributed by atoms with Crippen molar-refractivity contribution in [2.45, 2.75) is 32.2 Å². The van der Waals surface area contributed by atoms with Crippen molar-refractivity contribution in [3.05, 3.63) is 70.7 Å². The molecular formula is C25H29N3O2S. The fraction of sp³-hybridized carbons (Fsp3) is 0.360. The van der Waals surface area contributed by atoms with Crippen molar-refractivity contribution in [3.63, 3.8) is 0 Å². The first-order valence-electron chi connectivity index (χ1n) is 10.8. The van der Waals surface area contributed by atoms with Crippen molar-refractivity contribution in [1.82, 2.24) is 15.2 Å². The summed E-state index contributed by atoms with van der Waals surface area (Å²) in [5.74, 6) is 0.860. The molecule has 1 atom stereocenters. The molecule has 3 aromatic rings. The summed E-state index contributed by atoms with van der Waals surface area (Å²) in [5.41, 5.74) is 4.35. The third-order valence-electron chi connectivity index (χ3n) is 5.77. The maximum absolute atomic E-state index is 12.7. The molecule has 0 radical (unpaired) electrons. The van der Waals surface area contributed by atoms with Gasteiger partial charge in [-0.05, 0) is 50.6 Å². The number of methoxy groups -OCH3 is 1. The predicted molar refractivity (Wildman–Crippen MR) is 126 cm³/mol. The Morgan fingerprint density at radius 1 is 1.13 bits per heavy atom. The van der Waals surface area contributed by atoms with Gasteiger partial charge in [0.2, 0.25) is 5.91 Å². The number of benzene rings is 2. The van der Waals surface area contributed by atoms with Crippen molar-refractivity contribution < 1.29 is 9.53 Å². The number of carbonyl (C=O) groups excluding carboxylic acids is 1. The minimum absolute atomic E-state index is 0.0125. The molecule has 1 aliphatic heterocycles. The highest BCUT2D eigenvalue weighted by atomic mass is 32.1. The SMILES string of the molecule is COc1ccc([C@@H](CNC(=O)Cc2csc(-c3ccc(C)cc3)n2)N2CCCC2)cc1. The Kier molecular flexibility index (Phi) is 6.99. The van der Waals surface area contributed by atoms with E-state index in [0.29, 0.717) is 13.0 Å². The molecule has 5 nitrogen and oxygen atoms in total. The van der Waals surface area contributed by atoms with Crippen LogP contribution in [0, 0.1) is 6.92 Å². The van der Waals surface area contributed by atoms with Crippen LogP contribution in [0.1, 0.15) is 35.7 Å². The molecule has 1 N–H and O–H groups in total. The van der Waals surface area contributed by atoms with Crippen molar-refractivity contribution >= 4 is 17.2 Å². The number of likely N-dealkylation sites (tertiary alicyclic amines) is 1. The van der Waals surface area contributed by atoms with Crippen molar-refractivity contribution in [2.24, 2.45) is 0 Å². The Labute approximate surface area is 188 Å². The predicted octanol–water partition coefficient (Wildman–Crippen LogP) is 4.62. The Hall–Kier alpha value is -2.70. The second-order valence-corrected chi connectivity index (χ2v) is 8.88. The molecule has 2 heterocycles. The van der Waals surface area contributed by atoms with Gasteiger partial charge in [0.25, 0.3) is 0 Å².